The van der Waals surface area contributed by atoms with Gasteiger partial charge >= 0.3 is 5.97 Å². The smallest absolute Gasteiger partial charge is 0.303 e. The molecule has 5 heteroatoms. The minimum atomic E-state index is -0.794. The van der Waals surface area contributed by atoms with E-state index in [1.54, 1.807) is 24.3 Å². The maximum atomic E-state index is 12.1. The highest BCUT2D eigenvalue weighted by Gasteiger charge is 2.34. The second-order valence-electron chi connectivity index (χ2n) is 5.82. The lowest BCUT2D eigenvalue weighted by Crippen LogP contribution is -2.40. The van der Waals surface area contributed by atoms with Crippen LogP contribution in [0.1, 0.15) is 48.9 Å². The van der Waals surface area contributed by atoms with Crippen LogP contribution in [0, 0.1) is 5.41 Å². The fourth-order valence-corrected chi connectivity index (χ4v) is 3.14. The van der Waals surface area contributed by atoms with Gasteiger partial charge in [-0.3, -0.25) is 9.59 Å². The Labute approximate surface area is 129 Å². The predicted molar refractivity (Wildman–Crippen MR) is 81.6 cm³/mol. The monoisotopic (exact) mass is 309 g/mol. The highest BCUT2D eigenvalue weighted by Crippen LogP contribution is 2.38. The van der Waals surface area contributed by atoms with Gasteiger partial charge in [-0.2, -0.15) is 0 Å². The molecule has 1 aliphatic carbocycles. The summed E-state index contributed by atoms with van der Waals surface area (Å²) in [4.78, 5) is 23.2. The number of halogens is 1. The van der Waals surface area contributed by atoms with E-state index >= 15 is 0 Å². The number of aliphatic carboxylic acids is 1. The third kappa shape index (κ3) is 4.46. The van der Waals surface area contributed by atoms with Gasteiger partial charge in [0.1, 0.15) is 0 Å². The Morgan fingerprint density at radius 2 is 1.76 bits per heavy atom. The Balaban J connectivity index is 1.99. The van der Waals surface area contributed by atoms with Crippen LogP contribution in [-0.2, 0) is 4.79 Å². The summed E-state index contributed by atoms with van der Waals surface area (Å²) in [7, 11) is 0. The molecule has 0 aliphatic heterocycles. The number of rotatable bonds is 5. The zero-order chi connectivity index (χ0) is 15.3. The van der Waals surface area contributed by atoms with Gasteiger partial charge in [0.05, 0.1) is 6.42 Å². The first-order valence-electron chi connectivity index (χ1n) is 7.26. The van der Waals surface area contributed by atoms with Crippen LogP contribution in [0.25, 0.3) is 0 Å². The largest absolute Gasteiger partial charge is 0.481 e. The minimum absolute atomic E-state index is 0.119. The van der Waals surface area contributed by atoms with Crippen LogP contribution in [0.5, 0.6) is 0 Å². The van der Waals surface area contributed by atoms with Gasteiger partial charge in [0, 0.05) is 17.1 Å². The Hall–Kier alpha value is -1.55. The van der Waals surface area contributed by atoms with Crippen molar-refractivity contribution in [1.82, 2.24) is 5.32 Å². The first kappa shape index (κ1) is 15.8. The number of hydrogen-bond donors (Lipinski definition) is 2. The average molecular weight is 310 g/mol. The molecule has 0 radical (unpaired) electrons. The SMILES string of the molecule is O=C(O)CC1(CNC(=O)c2ccc(Cl)cc2)CCCCC1. The zero-order valence-electron chi connectivity index (χ0n) is 11.9. The number of amides is 1. The van der Waals surface area contributed by atoms with E-state index < -0.39 is 5.97 Å². The molecule has 0 atom stereocenters. The van der Waals surface area contributed by atoms with Crippen LogP contribution >= 0.6 is 11.6 Å². The van der Waals surface area contributed by atoms with Gasteiger partial charge in [-0.1, -0.05) is 30.9 Å². The van der Waals surface area contributed by atoms with E-state index in [0.29, 0.717) is 17.1 Å². The molecule has 0 spiro atoms. The molecule has 0 heterocycles. The Kier molecular flexibility index (Phi) is 5.23. The van der Waals surface area contributed by atoms with Crippen LogP contribution in [0.15, 0.2) is 24.3 Å². The highest BCUT2D eigenvalue weighted by molar-refractivity contribution is 6.30. The van der Waals surface area contributed by atoms with E-state index in [1.807, 2.05) is 0 Å². The lowest BCUT2D eigenvalue weighted by Gasteiger charge is -2.36. The van der Waals surface area contributed by atoms with E-state index in [2.05, 4.69) is 5.32 Å². The van der Waals surface area contributed by atoms with Gasteiger partial charge in [-0.15, -0.1) is 0 Å². The summed E-state index contributed by atoms with van der Waals surface area (Å²) in [6, 6.07) is 6.68. The van der Waals surface area contributed by atoms with Gasteiger partial charge < -0.3 is 10.4 Å². The average Bonchev–Trinajstić information content (AvgIpc) is 2.46. The van der Waals surface area contributed by atoms with Gasteiger partial charge in [0.2, 0.25) is 0 Å². The Morgan fingerprint density at radius 1 is 1.14 bits per heavy atom. The number of benzene rings is 1. The van der Waals surface area contributed by atoms with Crippen molar-refractivity contribution in [3.8, 4) is 0 Å². The van der Waals surface area contributed by atoms with E-state index in [9.17, 15) is 9.59 Å². The predicted octanol–water partition coefficient (Wildman–Crippen LogP) is 3.50. The molecule has 1 aromatic carbocycles. The molecule has 0 aromatic heterocycles. The van der Waals surface area contributed by atoms with Crippen molar-refractivity contribution in [2.24, 2.45) is 5.41 Å². The number of nitrogens with one attached hydrogen (secondary N) is 1. The molecule has 2 rings (SSSR count). The van der Waals surface area contributed by atoms with E-state index in [0.717, 1.165) is 32.1 Å². The third-order valence-corrected chi connectivity index (χ3v) is 4.42. The van der Waals surface area contributed by atoms with Crippen molar-refractivity contribution >= 4 is 23.5 Å². The molecule has 1 aliphatic rings. The Morgan fingerprint density at radius 3 is 2.33 bits per heavy atom. The zero-order valence-corrected chi connectivity index (χ0v) is 12.7. The molecule has 0 saturated heterocycles. The van der Waals surface area contributed by atoms with Crippen LogP contribution in [0.3, 0.4) is 0 Å². The number of carbonyl (C=O) groups is 2. The maximum Gasteiger partial charge on any atom is 0.303 e. The number of carboxylic acids is 1. The van der Waals surface area contributed by atoms with Crippen molar-refractivity contribution in [3.05, 3.63) is 34.9 Å². The van der Waals surface area contributed by atoms with Crippen LogP contribution in [-0.4, -0.2) is 23.5 Å². The topological polar surface area (TPSA) is 66.4 Å². The molecule has 1 aromatic rings. The highest BCUT2D eigenvalue weighted by atomic mass is 35.5. The summed E-state index contributed by atoms with van der Waals surface area (Å²) in [5.74, 6) is -0.973. The fourth-order valence-electron chi connectivity index (χ4n) is 3.01. The van der Waals surface area contributed by atoms with E-state index in [1.165, 1.54) is 0 Å². The van der Waals surface area contributed by atoms with Crippen molar-refractivity contribution in [1.29, 1.82) is 0 Å². The quantitative estimate of drug-likeness (QED) is 0.875. The van der Waals surface area contributed by atoms with E-state index in [4.69, 9.17) is 16.7 Å². The number of carbonyl (C=O) groups excluding carboxylic acids is 1. The molecule has 4 nitrogen and oxygen atoms in total. The summed E-state index contributed by atoms with van der Waals surface area (Å²) < 4.78 is 0. The summed E-state index contributed by atoms with van der Waals surface area (Å²) in [6.07, 6.45) is 5.05. The lowest BCUT2D eigenvalue weighted by molar-refractivity contribution is -0.140. The van der Waals surface area contributed by atoms with Gasteiger partial charge in [-0.05, 0) is 42.5 Å². The van der Waals surface area contributed by atoms with Gasteiger partial charge in [0.25, 0.3) is 5.91 Å². The summed E-state index contributed by atoms with van der Waals surface area (Å²) in [6.45, 7) is 0.417. The maximum absolute atomic E-state index is 12.1. The first-order valence-corrected chi connectivity index (χ1v) is 7.64. The lowest BCUT2D eigenvalue weighted by atomic mass is 9.71. The molecular formula is C16H20ClNO3. The van der Waals surface area contributed by atoms with Crippen LogP contribution in [0.2, 0.25) is 5.02 Å². The van der Waals surface area contributed by atoms with Crippen molar-refractivity contribution in [2.45, 2.75) is 38.5 Å². The van der Waals surface area contributed by atoms with Crippen LogP contribution in [0.4, 0.5) is 0 Å². The molecule has 1 amide bonds. The number of carboxylic acid groups (broad SMARTS) is 1. The third-order valence-electron chi connectivity index (χ3n) is 4.17. The standard InChI is InChI=1S/C16H20ClNO3/c17-13-6-4-12(5-7-13)15(21)18-11-16(10-14(19)20)8-2-1-3-9-16/h4-7H,1-3,8-11H2,(H,18,21)(H,19,20). The van der Waals surface area contributed by atoms with E-state index in [-0.39, 0.29) is 17.7 Å². The molecular weight excluding hydrogens is 290 g/mol. The first-order chi connectivity index (χ1) is 10.0. The van der Waals surface area contributed by atoms with Crippen molar-refractivity contribution in [3.63, 3.8) is 0 Å². The summed E-state index contributed by atoms with van der Waals surface area (Å²) in [5, 5.41) is 12.6. The molecule has 114 valence electrons. The van der Waals surface area contributed by atoms with Gasteiger partial charge in [0.15, 0.2) is 0 Å². The molecule has 2 N–H and O–H groups in total. The van der Waals surface area contributed by atoms with Crippen molar-refractivity contribution < 1.29 is 14.7 Å². The fraction of sp³-hybridized carbons (Fsp3) is 0.500. The van der Waals surface area contributed by atoms with Crippen molar-refractivity contribution in [2.75, 3.05) is 6.54 Å². The number of hydrogen-bond acceptors (Lipinski definition) is 2. The molecule has 1 fully saturated rings. The molecule has 21 heavy (non-hydrogen) atoms. The Bertz CT molecular complexity index is 507. The minimum Gasteiger partial charge on any atom is -0.481 e. The molecule has 1 saturated carbocycles. The summed E-state index contributed by atoms with van der Waals surface area (Å²) in [5.41, 5.74) is 0.243. The normalized spacial score (nSPS) is 17.2. The van der Waals surface area contributed by atoms with Crippen LogP contribution < -0.4 is 5.32 Å². The second kappa shape index (κ2) is 6.94. The molecule has 0 unspecified atom stereocenters. The molecule has 0 bridgehead atoms. The summed E-state index contributed by atoms with van der Waals surface area (Å²) >= 11 is 5.80. The van der Waals surface area contributed by atoms with Gasteiger partial charge in [-0.25, -0.2) is 0 Å². The second-order valence-corrected chi connectivity index (χ2v) is 6.26.